The predicted octanol–water partition coefficient (Wildman–Crippen LogP) is 1.51. The molecular weight excluding hydrogens is 194 g/mol. The fraction of sp³-hybridized carbons (Fsp3) is 0.364. The van der Waals surface area contributed by atoms with Gasteiger partial charge in [0.15, 0.2) is 0 Å². The van der Waals surface area contributed by atoms with Gasteiger partial charge < -0.3 is 15.2 Å². The average molecular weight is 209 g/mol. The Bertz CT molecular complexity index is 300. The minimum absolute atomic E-state index is 0.0171. The zero-order valence-corrected chi connectivity index (χ0v) is 8.64. The van der Waals surface area contributed by atoms with E-state index in [1.165, 1.54) is 0 Å². The Hall–Kier alpha value is -1.55. The quantitative estimate of drug-likeness (QED) is 0.722. The van der Waals surface area contributed by atoms with Crippen molar-refractivity contribution in [2.24, 2.45) is 0 Å². The van der Waals surface area contributed by atoms with Crippen LogP contribution in [-0.4, -0.2) is 31.0 Å². The topological polar surface area (TPSA) is 58.6 Å². The van der Waals surface area contributed by atoms with Gasteiger partial charge in [0, 0.05) is 6.04 Å². The average Bonchev–Trinajstić information content (AvgIpc) is 2.25. The first-order valence-corrected chi connectivity index (χ1v) is 4.79. The molecule has 4 heteroatoms. The molecule has 1 rings (SSSR count). The highest BCUT2D eigenvalue weighted by molar-refractivity contribution is 5.56. The molecular formula is C11H15NO3. The number of carbonyl (C=O) groups is 1. The van der Waals surface area contributed by atoms with Gasteiger partial charge in [0.2, 0.25) is 0 Å². The second kappa shape index (κ2) is 6.03. The number of nitrogens with one attached hydrogen (secondary N) is 1. The first-order valence-electron chi connectivity index (χ1n) is 4.79. The number of ether oxygens (including phenoxy) is 1. The van der Waals surface area contributed by atoms with Crippen molar-refractivity contribution in [3.05, 3.63) is 35.9 Å². The van der Waals surface area contributed by atoms with Crippen LogP contribution < -0.4 is 5.32 Å². The smallest absolute Gasteiger partial charge is 0.450 e. The molecule has 0 radical (unpaired) electrons. The van der Waals surface area contributed by atoms with Crippen molar-refractivity contribution in [3.8, 4) is 0 Å². The zero-order chi connectivity index (χ0) is 11.1. The van der Waals surface area contributed by atoms with E-state index in [0.29, 0.717) is 0 Å². The number of hydrogen-bond donors (Lipinski definition) is 2. The Kier molecular flexibility index (Phi) is 4.63. The first-order chi connectivity index (χ1) is 7.22. The zero-order valence-electron chi connectivity index (χ0n) is 8.64. The van der Waals surface area contributed by atoms with E-state index in [1.54, 1.807) is 7.05 Å². The van der Waals surface area contributed by atoms with Gasteiger partial charge >= 0.3 is 6.16 Å². The van der Waals surface area contributed by atoms with Crippen molar-refractivity contribution in [2.45, 2.75) is 12.5 Å². The summed E-state index contributed by atoms with van der Waals surface area (Å²) in [6.07, 6.45) is -0.478. The summed E-state index contributed by atoms with van der Waals surface area (Å²) in [4.78, 5) is 10.2. The summed E-state index contributed by atoms with van der Waals surface area (Å²) in [5, 5.41) is 11.4. The molecule has 1 aromatic rings. The second-order valence-corrected chi connectivity index (χ2v) is 3.25. The molecule has 82 valence electrons. The molecule has 2 N–H and O–H groups in total. The van der Waals surface area contributed by atoms with Gasteiger partial charge in [-0.25, -0.2) is 4.79 Å². The summed E-state index contributed by atoms with van der Waals surface area (Å²) in [6, 6.07) is 9.89. The molecule has 0 spiro atoms. The Morgan fingerprint density at radius 1 is 1.47 bits per heavy atom. The fourth-order valence-electron chi connectivity index (χ4n) is 1.31. The highest BCUT2D eigenvalue weighted by Crippen LogP contribution is 2.03. The monoisotopic (exact) mass is 209 g/mol. The molecule has 0 aliphatic heterocycles. The Balaban J connectivity index is 2.43. The molecule has 0 saturated heterocycles. The van der Waals surface area contributed by atoms with E-state index >= 15 is 0 Å². The number of likely N-dealkylation sites (N-methyl/N-ethyl adjacent to an activating group) is 1. The SMILES string of the molecule is CNC(COC(=O)O)Cc1ccccc1. The number of rotatable bonds is 5. The van der Waals surface area contributed by atoms with E-state index < -0.39 is 6.16 Å². The third-order valence-electron chi connectivity index (χ3n) is 2.14. The van der Waals surface area contributed by atoms with Gasteiger partial charge in [-0.3, -0.25) is 0 Å². The second-order valence-electron chi connectivity index (χ2n) is 3.25. The molecule has 0 aliphatic carbocycles. The minimum atomic E-state index is -1.23. The van der Waals surface area contributed by atoms with E-state index in [9.17, 15) is 4.79 Å². The lowest BCUT2D eigenvalue weighted by Crippen LogP contribution is -2.33. The van der Waals surface area contributed by atoms with E-state index in [2.05, 4.69) is 10.1 Å². The van der Waals surface area contributed by atoms with Crippen LogP contribution in [-0.2, 0) is 11.2 Å². The summed E-state index contributed by atoms with van der Waals surface area (Å²) in [6.45, 7) is 0.167. The third kappa shape index (κ3) is 4.46. The number of hydrogen-bond acceptors (Lipinski definition) is 3. The van der Waals surface area contributed by atoms with Crippen LogP contribution in [0, 0.1) is 0 Å². The van der Waals surface area contributed by atoms with Gasteiger partial charge in [0.05, 0.1) is 0 Å². The maximum atomic E-state index is 10.2. The van der Waals surface area contributed by atoms with Crippen LogP contribution in [0.1, 0.15) is 5.56 Å². The Labute approximate surface area is 88.9 Å². The van der Waals surface area contributed by atoms with Gasteiger partial charge in [-0.15, -0.1) is 0 Å². The molecule has 1 unspecified atom stereocenters. The lowest BCUT2D eigenvalue weighted by atomic mass is 10.1. The summed E-state index contributed by atoms with van der Waals surface area (Å²) in [5.41, 5.74) is 1.16. The van der Waals surface area contributed by atoms with Crippen molar-refractivity contribution in [2.75, 3.05) is 13.7 Å². The largest absolute Gasteiger partial charge is 0.505 e. The van der Waals surface area contributed by atoms with Crippen LogP contribution in [0.25, 0.3) is 0 Å². The summed E-state index contributed by atoms with van der Waals surface area (Å²) in [7, 11) is 1.79. The van der Waals surface area contributed by atoms with Crippen LogP contribution >= 0.6 is 0 Å². The van der Waals surface area contributed by atoms with Crippen LogP contribution in [0.3, 0.4) is 0 Å². The molecule has 0 amide bonds. The number of benzene rings is 1. The van der Waals surface area contributed by atoms with Gasteiger partial charge in [-0.1, -0.05) is 30.3 Å². The lowest BCUT2D eigenvalue weighted by molar-refractivity contribution is 0.0832. The molecule has 0 bridgehead atoms. The molecule has 0 aliphatic rings. The van der Waals surface area contributed by atoms with E-state index in [-0.39, 0.29) is 12.6 Å². The molecule has 1 atom stereocenters. The van der Waals surface area contributed by atoms with Crippen molar-refractivity contribution >= 4 is 6.16 Å². The van der Waals surface area contributed by atoms with Gasteiger partial charge in [0.1, 0.15) is 6.61 Å². The molecule has 0 aromatic heterocycles. The maximum Gasteiger partial charge on any atom is 0.505 e. The molecule has 0 heterocycles. The first kappa shape index (κ1) is 11.5. The van der Waals surface area contributed by atoms with Crippen molar-refractivity contribution in [1.29, 1.82) is 0 Å². The van der Waals surface area contributed by atoms with Crippen molar-refractivity contribution < 1.29 is 14.6 Å². The van der Waals surface area contributed by atoms with Crippen LogP contribution in [0.2, 0.25) is 0 Å². The summed E-state index contributed by atoms with van der Waals surface area (Å²) >= 11 is 0. The summed E-state index contributed by atoms with van der Waals surface area (Å²) < 4.78 is 4.52. The summed E-state index contributed by atoms with van der Waals surface area (Å²) in [5.74, 6) is 0. The lowest BCUT2D eigenvalue weighted by Gasteiger charge is -2.14. The van der Waals surface area contributed by atoms with Crippen LogP contribution in [0.15, 0.2) is 30.3 Å². The maximum absolute atomic E-state index is 10.2. The standard InChI is InChI=1S/C11H15NO3/c1-12-10(8-15-11(13)14)7-9-5-3-2-4-6-9/h2-6,10,12H,7-8H2,1H3,(H,13,14). The van der Waals surface area contributed by atoms with Crippen LogP contribution in [0.4, 0.5) is 4.79 Å². The van der Waals surface area contributed by atoms with E-state index in [1.807, 2.05) is 30.3 Å². The highest BCUT2D eigenvalue weighted by atomic mass is 16.7. The molecule has 15 heavy (non-hydrogen) atoms. The van der Waals surface area contributed by atoms with Gasteiger partial charge in [-0.2, -0.15) is 0 Å². The van der Waals surface area contributed by atoms with Gasteiger partial charge in [0.25, 0.3) is 0 Å². The van der Waals surface area contributed by atoms with E-state index in [4.69, 9.17) is 5.11 Å². The van der Waals surface area contributed by atoms with Gasteiger partial charge in [-0.05, 0) is 19.0 Å². The van der Waals surface area contributed by atoms with Crippen LogP contribution in [0.5, 0.6) is 0 Å². The highest BCUT2D eigenvalue weighted by Gasteiger charge is 2.09. The normalized spacial score (nSPS) is 12.1. The van der Waals surface area contributed by atoms with E-state index in [0.717, 1.165) is 12.0 Å². The minimum Gasteiger partial charge on any atom is -0.450 e. The molecule has 0 fully saturated rings. The predicted molar refractivity (Wildman–Crippen MR) is 57.0 cm³/mol. The molecule has 0 saturated carbocycles. The van der Waals surface area contributed by atoms with Crippen molar-refractivity contribution in [1.82, 2.24) is 5.32 Å². The number of carboxylic acid groups (broad SMARTS) is 1. The third-order valence-corrected chi connectivity index (χ3v) is 2.14. The fourth-order valence-corrected chi connectivity index (χ4v) is 1.31. The van der Waals surface area contributed by atoms with Crippen molar-refractivity contribution in [3.63, 3.8) is 0 Å². The molecule has 4 nitrogen and oxygen atoms in total. The Morgan fingerprint density at radius 2 is 2.13 bits per heavy atom. The molecule has 1 aromatic carbocycles. The Morgan fingerprint density at radius 3 is 2.67 bits per heavy atom.